The molecule has 0 aliphatic carbocycles. The van der Waals surface area contributed by atoms with Crippen LogP contribution in [-0.2, 0) is 0 Å². The zero-order valence-electron chi connectivity index (χ0n) is 10.4. The quantitative estimate of drug-likeness (QED) is 0.627. The van der Waals surface area contributed by atoms with Gasteiger partial charge in [-0.25, -0.2) is 15.4 Å². The monoisotopic (exact) mass is 244 g/mol. The number of nitrogens with two attached hydrogens (primary N) is 1. The molecule has 0 radical (unpaired) electrons. The Labute approximate surface area is 106 Å². The first-order chi connectivity index (χ1) is 8.74. The number of aromatic nitrogens is 2. The van der Waals surface area contributed by atoms with Crippen molar-refractivity contribution >= 4 is 0 Å². The minimum atomic E-state index is -0.225. The third-order valence-electron chi connectivity index (χ3n) is 2.67. The van der Waals surface area contributed by atoms with Crippen molar-refractivity contribution in [2.75, 3.05) is 7.11 Å². The molecule has 1 unspecified atom stereocenters. The smallest absolute Gasteiger partial charge is 0.150 e. The molecule has 0 aliphatic heterocycles. The van der Waals surface area contributed by atoms with Crippen LogP contribution in [0.25, 0.3) is 0 Å². The van der Waals surface area contributed by atoms with Gasteiger partial charge in [-0.2, -0.15) is 0 Å². The zero-order valence-corrected chi connectivity index (χ0v) is 10.4. The summed E-state index contributed by atoms with van der Waals surface area (Å²) >= 11 is 0. The lowest BCUT2D eigenvalue weighted by Crippen LogP contribution is -2.30. The molecule has 5 heteroatoms. The highest BCUT2D eigenvalue weighted by molar-refractivity contribution is 5.31. The van der Waals surface area contributed by atoms with Gasteiger partial charge in [-0.3, -0.25) is 5.84 Å². The Balaban J connectivity index is 2.29. The summed E-state index contributed by atoms with van der Waals surface area (Å²) in [5, 5.41) is 0. The van der Waals surface area contributed by atoms with Gasteiger partial charge in [-0.1, -0.05) is 12.1 Å². The van der Waals surface area contributed by atoms with Crippen LogP contribution >= 0.6 is 0 Å². The van der Waals surface area contributed by atoms with Crippen LogP contribution in [0.2, 0.25) is 0 Å². The highest BCUT2D eigenvalue weighted by Crippen LogP contribution is 2.20. The minimum absolute atomic E-state index is 0.225. The molecule has 18 heavy (non-hydrogen) atoms. The van der Waals surface area contributed by atoms with Crippen LogP contribution in [0.5, 0.6) is 5.75 Å². The number of methoxy groups -OCH3 is 1. The topological polar surface area (TPSA) is 73.1 Å². The lowest BCUT2D eigenvalue weighted by Gasteiger charge is -2.15. The van der Waals surface area contributed by atoms with Crippen LogP contribution in [0, 0.1) is 6.92 Å². The van der Waals surface area contributed by atoms with Crippen LogP contribution in [0.15, 0.2) is 36.7 Å². The number of benzene rings is 1. The molecular formula is C13H16N4O. The van der Waals surface area contributed by atoms with Crippen molar-refractivity contribution in [3.63, 3.8) is 0 Å². The van der Waals surface area contributed by atoms with Crippen molar-refractivity contribution in [1.82, 2.24) is 15.4 Å². The summed E-state index contributed by atoms with van der Waals surface area (Å²) in [4.78, 5) is 8.57. The first-order valence-corrected chi connectivity index (χ1v) is 5.63. The largest absolute Gasteiger partial charge is 0.497 e. The number of nitrogens with zero attached hydrogens (tertiary/aromatic N) is 2. The van der Waals surface area contributed by atoms with Crippen LogP contribution in [0.1, 0.15) is 23.0 Å². The lowest BCUT2D eigenvalue weighted by atomic mass is 10.1. The molecular weight excluding hydrogens is 228 g/mol. The molecule has 1 heterocycles. The molecule has 0 amide bonds. The summed E-state index contributed by atoms with van der Waals surface area (Å²) in [6.45, 7) is 1.95. The second-order valence-corrected chi connectivity index (χ2v) is 3.99. The zero-order chi connectivity index (χ0) is 13.0. The number of hydrogen-bond acceptors (Lipinski definition) is 5. The highest BCUT2D eigenvalue weighted by atomic mass is 16.5. The number of rotatable bonds is 4. The van der Waals surface area contributed by atoms with Crippen LogP contribution in [0.3, 0.4) is 0 Å². The van der Waals surface area contributed by atoms with Crippen molar-refractivity contribution < 1.29 is 4.74 Å². The first-order valence-electron chi connectivity index (χ1n) is 5.63. The molecule has 0 saturated heterocycles. The average molecular weight is 244 g/mol. The molecule has 0 saturated carbocycles. The van der Waals surface area contributed by atoms with E-state index in [9.17, 15) is 0 Å². The Morgan fingerprint density at radius 3 is 2.28 bits per heavy atom. The lowest BCUT2D eigenvalue weighted by molar-refractivity contribution is 0.414. The minimum Gasteiger partial charge on any atom is -0.497 e. The predicted molar refractivity (Wildman–Crippen MR) is 68.9 cm³/mol. The van der Waals surface area contributed by atoms with Gasteiger partial charge in [-0.05, 0) is 30.2 Å². The van der Waals surface area contributed by atoms with Gasteiger partial charge in [0, 0.05) is 12.4 Å². The van der Waals surface area contributed by atoms with Gasteiger partial charge in [0.1, 0.15) is 11.8 Å². The van der Waals surface area contributed by atoms with E-state index in [0.717, 1.165) is 16.9 Å². The fourth-order valence-electron chi connectivity index (χ4n) is 1.67. The molecule has 0 aliphatic rings. The van der Waals surface area contributed by atoms with Gasteiger partial charge in [0.05, 0.1) is 7.11 Å². The summed E-state index contributed by atoms with van der Waals surface area (Å²) in [6, 6.07) is 7.41. The maximum atomic E-state index is 5.58. The second-order valence-electron chi connectivity index (χ2n) is 3.99. The Hall–Kier alpha value is -1.98. The number of ether oxygens (including phenoxy) is 1. The van der Waals surface area contributed by atoms with Crippen molar-refractivity contribution in [3.8, 4) is 5.75 Å². The summed E-state index contributed by atoms with van der Waals surface area (Å²) in [5.74, 6) is 7.04. The van der Waals surface area contributed by atoms with E-state index >= 15 is 0 Å². The van der Waals surface area contributed by atoms with E-state index in [4.69, 9.17) is 10.6 Å². The Morgan fingerprint density at radius 1 is 1.17 bits per heavy atom. The molecule has 1 aromatic carbocycles. The van der Waals surface area contributed by atoms with Gasteiger partial charge in [0.15, 0.2) is 5.82 Å². The van der Waals surface area contributed by atoms with Crippen molar-refractivity contribution in [2.24, 2.45) is 5.84 Å². The molecule has 0 bridgehead atoms. The maximum Gasteiger partial charge on any atom is 0.150 e. The van der Waals surface area contributed by atoms with E-state index in [1.165, 1.54) is 0 Å². The fourth-order valence-corrected chi connectivity index (χ4v) is 1.67. The molecule has 2 rings (SSSR count). The van der Waals surface area contributed by atoms with E-state index in [-0.39, 0.29) is 6.04 Å². The SMILES string of the molecule is COc1ccc(C(NN)c2ncc(C)cn2)cc1. The van der Waals surface area contributed by atoms with E-state index < -0.39 is 0 Å². The number of nitrogens with one attached hydrogen (secondary N) is 1. The molecule has 94 valence electrons. The van der Waals surface area contributed by atoms with E-state index in [1.807, 2.05) is 31.2 Å². The number of hydrogen-bond donors (Lipinski definition) is 2. The maximum absolute atomic E-state index is 5.58. The van der Waals surface area contributed by atoms with E-state index in [2.05, 4.69) is 15.4 Å². The third kappa shape index (κ3) is 2.64. The predicted octanol–water partition coefficient (Wildman–Crippen LogP) is 1.35. The fraction of sp³-hybridized carbons (Fsp3) is 0.231. The van der Waals surface area contributed by atoms with E-state index in [0.29, 0.717) is 5.82 Å². The molecule has 1 atom stereocenters. The summed E-state index contributed by atoms with van der Waals surface area (Å²) in [7, 11) is 1.64. The Bertz CT molecular complexity index is 495. The molecule has 3 N–H and O–H groups in total. The molecule has 0 fully saturated rings. The van der Waals surface area contributed by atoms with Gasteiger partial charge in [0.25, 0.3) is 0 Å². The number of hydrazine groups is 1. The van der Waals surface area contributed by atoms with Gasteiger partial charge >= 0.3 is 0 Å². The van der Waals surface area contributed by atoms with Crippen LogP contribution in [0.4, 0.5) is 0 Å². The number of aryl methyl sites for hydroxylation is 1. The van der Waals surface area contributed by atoms with E-state index in [1.54, 1.807) is 19.5 Å². The van der Waals surface area contributed by atoms with Crippen molar-refractivity contribution in [1.29, 1.82) is 0 Å². The second kappa shape index (κ2) is 5.57. The first kappa shape index (κ1) is 12.5. The summed E-state index contributed by atoms with van der Waals surface area (Å²) in [6.07, 6.45) is 3.55. The van der Waals surface area contributed by atoms with Crippen molar-refractivity contribution in [2.45, 2.75) is 13.0 Å². The van der Waals surface area contributed by atoms with Crippen LogP contribution < -0.4 is 16.0 Å². The van der Waals surface area contributed by atoms with Gasteiger partial charge < -0.3 is 4.74 Å². The third-order valence-corrected chi connectivity index (χ3v) is 2.67. The Kier molecular flexibility index (Phi) is 3.86. The van der Waals surface area contributed by atoms with Gasteiger partial charge in [0.2, 0.25) is 0 Å². The summed E-state index contributed by atoms with van der Waals surface area (Å²) in [5.41, 5.74) is 4.73. The van der Waals surface area contributed by atoms with Crippen molar-refractivity contribution in [3.05, 3.63) is 53.6 Å². The average Bonchev–Trinajstić information content (AvgIpc) is 2.42. The summed E-state index contributed by atoms with van der Waals surface area (Å²) < 4.78 is 5.12. The molecule has 0 spiro atoms. The standard InChI is InChI=1S/C13H16N4O/c1-9-7-15-13(16-8-9)12(17-14)10-3-5-11(18-2)6-4-10/h3-8,12,17H,14H2,1-2H3. The van der Waals surface area contributed by atoms with Crippen LogP contribution in [-0.4, -0.2) is 17.1 Å². The Morgan fingerprint density at radius 2 is 1.78 bits per heavy atom. The molecule has 2 aromatic rings. The highest BCUT2D eigenvalue weighted by Gasteiger charge is 2.14. The van der Waals surface area contributed by atoms with Gasteiger partial charge in [-0.15, -0.1) is 0 Å². The molecule has 1 aromatic heterocycles. The molecule has 5 nitrogen and oxygen atoms in total. The normalized spacial score (nSPS) is 12.2.